The van der Waals surface area contributed by atoms with Crippen LogP contribution >= 0.6 is 0 Å². The quantitative estimate of drug-likeness (QED) is 0.586. The lowest BCUT2D eigenvalue weighted by Gasteiger charge is -2.04. The largest absolute Gasteiger partial charge is 0.477 e. The topological polar surface area (TPSA) is 110 Å². The second-order valence-electron chi connectivity index (χ2n) is 5.43. The fourth-order valence-electron chi connectivity index (χ4n) is 2.48. The van der Waals surface area contributed by atoms with E-state index in [9.17, 15) is 9.59 Å². The Labute approximate surface area is 146 Å². The number of carboxylic acids is 1. The van der Waals surface area contributed by atoms with Crippen molar-refractivity contribution in [2.24, 2.45) is 0 Å². The van der Waals surface area contributed by atoms with Crippen LogP contribution < -0.4 is 10.3 Å². The molecule has 8 nitrogen and oxygen atoms in total. The maximum Gasteiger partial charge on any atom is 0.342 e. The first-order chi connectivity index (χ1) is 12.6. The van der Waals surface area contributed by atoms with E-state index in [1.54, 1.807) is 48.7 Å². The number of aromatic carboxylic acids is 1. The maximum absolute atomic E-state index is 12.1. The molecule has 3 heterocycles. The molecule has 0 aliphatic rings. The van der Waals surface area contributed by atoms with Crippen LogP contribution in [0.3, 0.4) is 0 Å². The van der Waals surface area contributed by atoms with E-state index in [2.05, 4.69) is 15.1 Å². The third kappa shape index (κ3) is 2.80. The van der Waals surface area contributed by atoms with Gasteiger partial charge in [-0.25, -0.2) is 9.78 Å². The van der Waals surface area contributed by atoms with Crippen molar-refractivity contribution in [2.75, 3.05) is 0 Å². The lowest BCUT2D eigenvalue weighted by atomic mass is 10.1. The van der Waals surface area contributed by atoms with Crippen molar-refractivity contribution in [2.45, 2.75) is 0 Å². The van der Waals surface area contributed by atoms with Gasteiger partial charge in [0.15, 0.2) is 0 Å². The van der Waals surface area contributed by atoms with E-state index in [0.29, 0.717) is 23.0 Å². The zero-order valence-corrected chi connectivity index (χ0v) is 13.3. The molecule has 0 amide bonds. The molecule has 8 heteroatoms. The van der Waals surface area contributed by atoms with Crippen LogP contribution in [0.25, 0.3) is 16.9 Å². The van der Waals surface area contributed by atoms with Crippen LogP contribution in [0.5, 0.6) is 11.6 Å². The summed E-state index contributed by atoms with van der Waals surface area (Å²) in [5.41, 5.74) is 0.639. The molecule has 0 radical (unpaired) electrons. The predicted octanol–water partition coefficient (Wildman–Crippen LogP) is 2.58. The molecule has 2 N–H and O–H groups in total. The van der Waals surface area contributed by atoms with E-state index in [4.69, 9.17) is 9.84 Å². The van der Waals surface area contributed by atoms with Crippen LogP contribution in [0, 0.1) is 0 Å². The summed E-state index contributed by atoms with van der Waals surface area (Å²) in [7, 11) is 0. The highest BCUT2D eigenvalue weighted by Gasteiger charge is 2.14. The number of hydrogen-bond acceptors (Lipinski definition) is 5. The van der Waals surface area contributed by atoms with Gasteiger partial charge < -0.3 is 14.8 Å². The summed E-state index contributed by atoms with van der Waals surface area (Å²) >= 11 is 0. The molecule has 0 bridgehead atoms. The molecule has 0 saturated heterocycles. The summed E-state index contributed by atoms with van der Waals surface area (Å²) in [6.07, 6.45) is 2.80. The van der Waals surface area contributed by atoms with E-state index in [0.717, 1.165) is 16.3 Å². The number of benzene rings is 1. The van der Waals surface area contributed by atoms with Gasteiger partial charge in [0.25, 0.3) is 5.56 Å². The van der Waals surface area contributed by atoms with Gasteiger partial charge in [-0.15, -0.1) is 0 Å². The van der Waals surface area contributed by atoms with Gasteiger partial charge in [0.1, 0.15) is 17.0 Å². The number of rotatable bonds is 4. The summed E-state index contributed by atoms with van der Waals surface area (Å²) in [6.45, 7) is 0. The van der Waals surface area contributed by atoms with Gasteiger partial charge in [-0.1, -0.05) is 6.07 Å². The Balaban J connectivity index is 1.66. The monoisotopic (exact) mass is 348 g/mol. The van der Waals surface area contributed by atoms with Crippen molar-refractivity contribution < 1.29 is 14.6 Å². The molecule has 4 aromatic rings. The van der Waals surface area contributed by atoms with E-state index in [1.807, 2.05) is 6.07 Å². The molecule has 3 aromatic heterocycles. The van der Waals surface area contributed by atoms with E-state index in [1.165, 1.54) is 0 Å². The fourth-order valence-corrected chi connectivity index (χ4v) is 2.48. The Morgan fingerprint density at radius 1 is 1.15 bits per heavy atom. The number of nitrogens with one attached hydrogen (secondary N) is 1. The zero-order valence-electron chi connectivity index (χ0n) is 13.3. The number of pyridine rings is 1. The van der Waals surface area contributed by atoms with E-state index < -0.39 is 11.5 Å². The third-order valence-corrected chi connectivity index (χ3v) is 3.74. The molecule has 26 heavy (non-hydrogen) atoms. The van der Waals surface area contributed by atoms with Crippen molar-refractivity contribution >= 4 is 11.6 Å². The average molecular weight is 348 g/mol. The Morgan fingerprint density at radius 2 is 1.96 bits per heavy atom. The minimum Gasteiger partial charge on any atom is -0.477 e. The molecule has 0 saturated carbocycles. The molecule has 128 valence electrons. The van der Waals surface area contributed by atoms with Crippen molar-refractivity contribution in [3.05, 3.63) is 76.8 Å². The third-order valence-electron chi connectivity index (χ3n) is 3.74. The molecule has 0 unspecified atom stereocenters. The SMILES string of the molecule is O=C(O)c1c[nH]c2cc(-c3ccc(Oc4ccccn4)cc3)nn2c1=O. The fraction of sp³-hybridized carbons (Fsp3) is 0. The highest BCUT2D eigenvalue weighted by atomic mass is 16.5. The smallest absolute Gasteiger partial charge is 0.342 e. The second kappa shape index (κ2) is 6.17. The molecule has 0 spiro atoms. The van der Waals surface area contributed by atoms with Gasteiger partial charge in [0.05, 0.1) is 5.69 Å². The number of fused-ring (bicyclic) bond motifs is 1. The lowest BCUT2D eigenvalue weighted by molar-refractivity contribution is 0.0694. The summed E-state index contributed by atoms with van der Waals surface area (Å²) in [5.74, 6) is -0.207. The molecule has 0 fully saturated rings. The Kier molecular flexibility index (Phi) is 3.70. The Bertz CT molecular complexity index is 1150. The molecule has 1 aromatic carbocycles. The summed E-state index contributed by atoms with van der Waals surface area (Å²) < 4.78 is 6.67. The highest BCUT2D eigenvalue weighted by Crippen LogP contribution is 2.24. The lowest BCUT2D eigenvalue weighted by Crippen LogP contribution is -2.22. The second-order valence-corrected chi connectivity index (χ2v) is 5.43. The van der Waals surface area contributed by atoms with Crippen LogP contribution in [0.1, 0.15) is 10.4 Å². The van der Waals surface area contributed by atoms with Crippen molar-refractivity contribution in [1.82, 2.24) is 19.6 Å². The standard InChI is InChI=1S/C18H12N4O4/c23-17-13(18(24)25)10-20-15-9-14(21-22(15)17)11-4-6-12(7-5-11)26-16-3-1-2-8-19-16/h1-10,20H,(H,24,25). The minimum atomic E-state index is -1.30. The van der Waals surface area contributed by atoms with Gasteiger partial charge in [-0.3, -0.25) is 4.79 Å². The van der Waals surface area contributed by atoms with Crippen LogP contribution in [0.4, 0.5) is 0 Å². The minimum absolute atomic E-state index is 0.369. The number of hydrogen-bond donors (Lipinski definition) is 2. The average Bonchev–Trinajstić information content (AvgIpc) is 3.08. The van der Waals surface area contributed by atoms with Crippen molar-refractivity contribution in [3.8, 4) is 22.9 Å². The number of aromatic nitrogens is 4. The highest BCUT2D eigenvalue weighted by molar-refractivity contribution is 5.87. The number of H-pyrrole nitrogens is 1. The zero-order chi connectivity index (χ0) is 18.1. The Hall–Kier alpha value is -3.94. The molecular formula is C18H12N4O4. The van der Waals surface area contributed by atoms with Crippen LogP contribution in [-0.2, 0) is 0 Å². The first-order valence-corrected chi connectivity index (χ1v) is 7.66. The van der Waals surface area contributed by atoms with Crippen LogP contribution in [0.15, 0.2) is 65.7 Å². The molecule has 4 rings (SSSR count). The number of nitrogens with zero attached hydrogens (tertiary/aromatic N) is 3. The van der Waals surface area contributed by atoms with E-state index in [-0.39, 0.29) is 5.56 Å². The van der Waals surface area contributed by atoms with Crippen LogP contribution in [0.2, 0.25) is 0 Å². The normalized spacial score (nSPS) is 10.8. The molecule has 0 aliphatic carbocycles. The Morgan fingerprint density at radius 3 is 2.65 bits per heavy atom. The van der Waals surface area contributed by atoms with Crippen molar-refractivity contribution in [1.29, 1.82) is 0 Å². The first kappa shape index (κ1) is 15.6. The van der Waals surface area contributed by atoms with Gasteiger partial charge in [-0.2, -0.15) is 9.61 Å². The number of aromatic amines is 1. The van der Waals surface area contributed by atoms with Gasteiger partial charge >= 0.3 is 5.97 Å². The number of carbonyl (C=O) groups is 1. The molecule has 0 aliphatic heterocycles. The molecule has 0 atom stereocenters. The number of ether oxygens (including phenoxy) is 1. The predicted molar refractivity (Wildman–Crippen MR) is 92.5 cm³/mol. The summed E-state index contributed by atoms with van der Waals surface area (Å²) in [4.78, 5) is 30.0. The maximum atomic E-state index is 12.1. The molecular weight excluding hydrogens is 336 g/mol. The van der Waals surface area contributed by atoms with Crippen molar-refractivity contribution in [3.63, 3.8) is 0 Å². The summed E-state index contributed by atoms with van der Waals surface area (Å²) in [5, 5.41) is 13.2. The number of carboxylic acid groups (broad SMARTS) is 1. The first-order valence-electron chi connectivity index (χ1n) is 7.66. The van der Waals surface area contributed by atoms with Gasteiger partial charge in [-0.05, 0) is 30.3 Å². The van der Waals surface area contributed by atoms with Gasteiger partial charge in [0, 0.05) is 30.1 Å². The van der Waals surface area contributed by atoms with Gasteiger partial charge in [0.2, 0.25) is 5.88 Å². The summed E-state index contributed by atoms with van der Waals surface area (Å²) in [6, 6.07) is 14.2. The van der Waals surface area contributed by atoms with E-state index >= 15 is 0 Å². The van der Waals surface area contributed by atoms with Crippen LogP contribution in [-0.4, -0.2) is 30.7 Å².